The number of amides is 1. The fraction of sp³-hybridized carbons (Fsp3) is 0.316. The minimum absolute atomic E-state index is 0.0715. The summed E-state index contributed by atoms with van der Waals surface area (Å²) in [5.41, 5.74) is 0.0881. The average Bonchev–Trinajstić information content (AvgIpc) is 2.69. The monoisotopic (exact) mass is 440 g/mol. The van der Waals surface area contributed by atoms with E-state index in [0.29, 0.717) is 0 Å². The van der Waals surface area contributed by atoms with E-state index < -0.39 is 31.6 Å². The largest absolute Gasteiger partial charge is 0.323 e. The summed E-state index contributed by atoms with van der Waals surface area (Å²) >= 11 is 0. The van der Waals surface area contributed by atoms with Gasteiger partial charge < -0.3 is 5.32 Å². The number of piperidine rings is 1. The number of carbonyl (C=O) groups is 1. The molecule has 0 unspecified atom stereocenters. The van der Waals surface area contributed by atoms with E-state index in [1.165, 1.54) is 40.7 Å². The van der Waals surface area contributed by atoms with Gasteiger partial charge in [0.15, 0.2) is 9.84 Å². The van der Waals surface area contributed by atoms with E-state index in [1.54, 1.807) is 6.07 Å². The molecule has 0 radical (unpaired) electrons. The van der Waals surface area contributed by atoms with Gasteiger partial charge >= 0.3 is 0 Å². The molecule has 0 bridgehead atoms. The molecule has 1 saturated heterocycles. The van der Waals surface area contributed by atoms with E-state index in [-0.39, 0.29) is 47.3 Å². The van der Waals surface area contributed by atoms with Crippen LogP contribution in [0.2, 0.25) is 0 Å². The number of sulfonamides is 1. The highest BCUT2D eigenvalue weighted by molar-refractivity contribution is 7.91. The number of carbonyl (C=O) groups excluding carboxylic acids is 1. The lowest BCUT2D eigenvalue weighted by Crippen LogP contribution is -2.41. The van der Waals surface area contributed by atoms with Crippen molar-refractivity contribution in [3.05, 3.63) is 54.3 Å². The van der Waals surface area contributed by atoms with E-state index in [4.69, 9.17) is 0 Å². The van der Waals surface area contributed by atoms with Crippen LogP contribution < -0.4 is 5.32 Å². The number of hydrogen-bond acceptors (Lipinski definition) is 5. The van der Waals surface area contributed by atoms with Gasteiger partial charge in [-0.25, -0.2) is 21.2 Å². The highest BCUT2D eigenvalue weighted by atomic mass is 32.2. The van der Waals surface area contributed by atoms with Crippen LogP contribution in [0.4, 0.5) is 10.1 Å². The molecule has 0 saturated carbocycles. The van der Waals surface area contributed by atoms with Crippen molar-refractivity contribution in [3.8, 4) is 0 Å². The SMILES string of the molecule is CS(=O)(=O)c1cccc(S(=O)(=O)N2CCC(C(=O)Nc3ccccc3F)CC2)c1. The van der Waals surface area contributed by atoms with Gasteiger partial charge in [-0.2, -0.15) is 4.31 Å². The van der Waals surface area contributed by atoms with Gasteiger partial charge in [0.05, 0.1) is 15.5 Å². The number of sulfone groups is 1. The molecule has 2 aromatic carbocycles. The number of anilines is 1. The van der Waals surface area contributed by atoms with Crippen molar-refractivity contribution in [3.63, 3.8) is 0 Å². The number of benzene rings is 2. The number of hydrogen-bond donors (Lipinski definition) is 1. The van der Waals surface area contributed by atoms with Crippen LogP contribution >= 0.6 is 0 Å². The normalized spacial score (nSPS) is 16.5. The molecular formula is C19H21FN2O5S2. The van der Waals surface area contributed by atoms with E-state index >= 15 is 0 Å². The Morgan fingerprint density at radius 1 is 1.00 bits per heavy atom. The van der Waals surface area contributed by atoms with Crippen molar-refractivity contribution in [2.24, 2.45) is 5.92 Å². The zero-order valence-electron chi connectivity index (χ0n) is 15.7. The number of rotatable bonds is 5. The van der Waals surface area contributed by atoms with Crippen LogP contribution in [-0.2, 0) is 24.7 Å². The van der Waals surface area contributed by atoms with E-state index in [9.17, 15) is 26.0 Å². The summed E-state index contributed by atoms with van der Waals surface area (Å²) in [5.74, 6) is -1.33. The molecule has 1 fully saturated rings. The molecular weight excluding hydrogens is 419 g/mol. The Hall–Kier alpha value is -2.30. The van der Waals surface area contributed by atoms with Gasteiger partial charge in [0.2, 0.25) is 15.9 Å². The van der Waals surface area contributed by atoms with Crippen LogP contribution in [0.25, 0.3) is 0 Å². The second kappa shape index (κ2) is 8.21. The van der Waals surface area contributed by atoms with E-state index in [2.05, 4.69) is 5.32 Å². The van der Waals surface area contributed by atoms with Crippen molar-refractivity contribution in [1.82, 2.24) is 4.31 Å². The summed E-state index contributed by atoms with van der Waals surface area (Å²) in [5, 5.41) is 2.54. The van der Waals surface area contributed by atoms with Gasteiger partial charge in [0.1, 0.15) is 5.82 Å². The fourth-order valence-electron chi connectivity index (χ4n) is 3.17. The Morgan fingerprint density at radius 2 is 1.62 bits per heavy atom. The first-order chi connectivity index (χ1) is 13.6. The molecule has 1 aliphatic rings. The third-order valence-electron chi connectivity index (χ3n) is 4.83. The molecule has 0 aromatic heterocycles. The van der Waals surface area contributed by atoms with E-state index in [1.807, 2.05) is 0 Å². The molecule has 156 valence electrons. The first-order valence-corrected chi connectivity index (χ1v) is 12.3. The quantitative estimate of drug-likeness (QED) is 0.769. The molecule has 3 rings (SSSR count). The Bertz CT molecular complexity index is 1120. The van der Waals surface area contributed by atoms with Crippen molar-refractivity contribution in [2.45, 2.75) is 22.6 Å². The topological polar surface area (TPSA) is 101 Å². The molecule has 29 heavy (non-hydrogen) atoms. The lowest BCUT2D eigenvalue weighted by atomic mass is 9.97. The fourth-order valence-corrected chi connectivity index (χ4v) is 5.43. The maximum atomic E-state index is 13.7. The Morgan fingerprint density at radius 3 is 2.24 bits per heavy atom. The summed E-state index contributed by atoms with van der Waals surface area (Å²) in [6, 6.07) is 11.1. The third kappa shape index (κ3) is 4.82. The molecule has 10 heteroatoms. The lowest BCUT2D eigenvalue weighted by Gasteiger charge is -2.30. The predicted molar refractivity (Wildman–Crippen MR) is 106 cm³/mol. The van der Waals surface area contributed by atoms with Crippen LogP contribution in [0.5, 0.6) is 0 Å². The molecule has 1 heterocycles. The molecule has 7 nitrogen and oxygen atoms in total. The molecule has 1 amide bonds. The standard InChI is InChI=1S/C19H21FN2O5S2/c1-28(24,25)15-5-4-6-16(13-15)29(26,27)22-11-9-14(10-12-22)19(23)21-18-8-3-2-7-17(18)20/h2-8,13-14H,9-12H2,1H3,(H,21,23). The molecule has 1 aliphatic heterocycles. The van der Waals surface area contributed by atoms with Crippen molar-refractivity contribution < 1.29 is 26.0 Å². The van der Waals surface area contributed by atoms with E-state index in [0.717, 1.165) is 12.3 Å². The molecule has 0 atom stereocenters. The first kappa shape index (κ1) is 21.4. The summed E-state index contributed by atoms with van der Waals surface area (Å²) < 4.78 is 64.1. The van der Waals surface area contributed by atoms with Gasteiger partial charge in [-0.1, -0.05) is 18.2 Å². The van der Waals surface area contributed by atoms with Gasteiger partial charge in [-0.05, 0) is 43.2 Å². The number of halogens is 1. The van der Waals surface area contributed by atoms with Crippen molar-refractivity contribution in [2.75, 3.05) is 24.7 Å². The van der Waals surface area contributed by atoms with Gasteiger partial charge in [-0.3, -0.25) is 4.79 Å². The maximum Gasteiger partial charge on any atom is 0.243 e. The van der Waals surface area contributed by atoms with Crippen LogP contribution in [0.3, 0.4) is 0 Å². The average molecular weight is 441 g/mol. The van der Waals surface area contributed by atoms with Gasteiger partial charge in [0.25, 0.3) is 0 Å². The summed E-state index contributed by atoms with van der Waals surface area (Å²) in [6.07, 6.45) is 1.58. The summed E-state index contributed by atoms with van der Waals surface area (Å²) in [6.45, 7) is 0.224. The molecule has 0 aliphatic carbocycles. The second-order valence-electron chi connectivity index (χ2n) is 6.89. The van der Waals surface area contributed by atoms with Gasteiger partial charge in [0, 0.05) is 25.3 Å². The van der Waals surface area contributed by atoms with Gasteiger partial charge in [-0.15, -0.1) is 0 Å². The highest BCUT2D eigenvalue weighted by Gasteiger charge is 2.32. The van der Waals surface area contributed by atoms with Crippen molar-refractivity contribution in [1.29, 1.82) is 0 Å². The minimum Gasteiger partial charge on any atom is -0.323 e. The Kier molecular flexibility index (Phi) is 6.06. The lowest BCUT2D eigenvalue weighted by molar-refractivity contribution is -0.120. The summed E-state index contributed by atoms with van der Waals surface area (Å²) in [4.78, 5) is 12.2. The maximum absolute atomic E-state index is 13.7. The number of para-hydroxylation sites is 1. The van der Waals surface area contributed by atoms with Crippen LogP contribution in [0.1, 0.15) is 12.8 Å². The molecule has 0 spiro atoms. The smallest absolute Gasteiger partial charge is 0.243 e. The number of nitrogens with zero attached hydrogens (tertiary/aromatic N) is 1. The first-order valence-electron chi connectivity index (χ1n) is 8.95. The highest BCUT2D eigenvalue weighted by Crippen LogP contribution is 2.26. The Balaban J connectivity index is 1.68. The predicted octanol–water partition coefficient (Wildman–Crippen LogP) is 2.27. The van der Waals surface area contributed by atoms with Crippen molar-refractivity contribution >= 4 is 31.5 Å². The summed E-state index contributed by atoms with van der Waals surface area (Å²) in [7, 11) is -7.42. The van der Waals surface area contributed by atoms with Crippen LogP contribution in [0, 0.1) is 11.7 Å². The zero-order valence-corrected chi connectivity index (χ0v) is 17.3. The third-order valence-corrected chi connectivity index (χ3v) is 7.83. The van der Waals surface area contributed by atoms with Crippen LogP contribution in [0.15, 0.2) is 58.3 Å². The second-order valence-corrected chi connectivity index (χ2v) is 10.8. The molecule has 2 aromatic rings. The Labute approximate surface area is 169 Å². The molecule has 1 N–H and O–H groups in total. The number of nitrogens with one attached hydrogen (secondary N) is 1. The minimum atomic E-state index is -3.88. The zero-order chi connectivity index (χ0) is 21.2. The van der Waals surface area contributed by atoms with Crippen LogP contribution in [-0.4, -0.2) is 46.4 Å².